The van der Waals surface area contributed by atoms with Crippen LogP contribution < -0.4 is 0 Å². The Bertz CT molecular complexity index is 262. The topological polar surface area (TPSA) is 18.5 Å². The third-order valence-electron chi connectivity index (χ3n) is 3.17. The van der Waals surface area contributed by atoms with Crippen molar-refractivity contribution in [1.29, 1.82) is 0 Å². The van der Waals surface area contributed by atoms with E-state index in [0.29, 0.717) is 0 Å². The van der Waals surface area contributed by atoms with E-state index in [1.807, 2.05) is 0 Å². The zero-order valence-electron chi connectivity index (χ0n) is 10.2. The Morgan fingerprint density at radius 3 is 3.12 bits per heavy atom. The zero-order chi connectivity index (χ0) is 11.2. The van der Waals surface area contributed by atoms with Crippen molar-refractivity contribution < 1.29 is 9.47 Å². The molecular formula is C14H22O2. The Kier molecular flexibility index (Phi) is 4.61. The zero-order valence-corrected chi connectivity index (χ0v) is 10.2. The first kappa shape index (κ1) is 11.9. The van der Waals surface area contributed by atoms with Crippen LogP contribution in [0.1, 0.15) is 45.4 Å². The van der Waals surface area contributed by atoms with Gasteiger partial charge in [0.1, 0.15) is 0 Å². The molecule has 2 heteroatoms. The minimum Gasteiger partial charge on any atom is -0.353 e. The van der Waals surface area contributed by atoms with Gasteiger partial charge in [-0.3, -0.25) is 0 Å². The Morgan fingerprint density at radius 1 is 1.50 bits per heavy atom. The van der Waals surface area contributed by atoms with Gasteiger partial charge in [0, 0.05) is 6.61 Å². The van der Waals surface area contributed by atoms with Crippen molar-refractivity contribution in [2.75, 3.05) is 6.61 Å². The molecule has 1 aliphatic carbocycles. The van der Waals surface area contributed by atoms with Crippen LogP contribution in [0.4, 0.5) is 0 Å². The number of rotatable bonds is 4. The molecule has 0 bridgehead atoms. The third kappa shape index (κ3) is 3.76. The molecule has 0 spiro atoms. The molecule has 0 aromatic rings. The maximum atomic E-state index is 5.91. The van der Waals surface area contributed by atoms with Crippen LogP contribution in [0.5, 0.6) is 0 Å². The quantitative estimate of drug-likeness (QED) is 0.723. The summed E-state index contributed by atoms with van der Waals surface area (Å²) in [6, 6.07) is 0. The Hall–Kier alpha value is -0.600. The maximum Gasteiger partial charge on any atom is 0.157 e. The number of hydrogen-bond acceptors (Lipinski definition) is 2. The van der Waals surface area contributed by atoms with Gasteiger partial charge in [-0.1, -0.05) is 23.8 Å². The first-order chi connectivity index (χ1) is 7.84. The second-order valence-corrected chi connectivity index (χ2v) is 4.74. The van der Waals surface area contributed by atoms with Gasteiger partial charge in [-0.2, -0.15) is 0 Å². The smallest absolute Gasteiger partial charge is 0.157 e. The number of allylic oxidation sites excluding steroid dienone is 3. The van der Waals surface area contributed by atoms with Gasteiger partial charge >= 0.3 is 0 Å². The highest BCUT2D eigenvalue weighted by Gasteiger charge is 2.17. The van der Waals surface area contributed by atoms with E-state index in [9.17, 15) is 0 Å². The Labute approximate surface area is 98.3 Å². The van der Waals surface area contributed by atoms with Gasteiger partial charge in [0.15, 0.2) is 6.29 Å². The third-order valence-corrected chi connectivity index (χ3v) is 3.17. The van der Waals surface area contributed by atoms with Crippen LogP contribution in [0.25, 0.3) is 0 Å². The molecule has 0 N–H and O–H groups in total. The van der Waals surface area contributed by atoms with Crippen LogP contribution >= 0.6 is 0 Å². The highest BCUT2D eigenvalue weighted by Crippen LogP contribution is 2.21. The van der Waals surface area contributed by atoms with Gasteiger partial charge in [0.2, 0.25) is 0 Å². The molecule has 0 aromatic carbocycles. The Morgan fingerprint density at radius 2 is 2.44 bits per heavy atom. The molecule has 1 fully saturated rings. The summed E-state index contributed by atoms with van der Waals surface area (Å²) in [5.74, 6) is 0. The van der Waals surface area contributed by atoms with Gasteiger partial charge in [0.25, 0.3) is 0 Å². The van der Waals surface area contributed by atoms with E-state index < -0.39 is 0 Å². The average molecular weight is 222 g/mol. The van der Waals surface area contributed by atoms with E-state index in [4.69, 9.17) is 9.47 Å². The Balaban J connectivity index is 1.72. The van der Waals surface area contributed by atoms with E-state index in [0.717, 1.165) is 19.4 Å². The molecule has 2 rings (SSSR count). The van der Waals surface area contributed by atoms with Crippen LogP contribution in [0.15, 0.2) is 23.8 Å². The van der Waals surface area contributed by atoms with E-state index in [2.05, 4.69) is 25.2 Å². The average Bonchev–Trinajstić information content (AvgIpc) is 2.31. The molecular weight excluding hydrogens is 200 g/mol. The lowest BCUT2D eigenvalue weighted by Gasteiger charge is -2.26. The first-order valence-electron chi connectivity index (χ1n) is 6.46. The summed E-state index contributed by atoms with van der Waals surface area (Å²) >= 11 is 0. The molecule has 2 nitrogen and oxygen atoms in total. The second kappa shape index (κ2) is 6.21. The predicted octanol–water partition coefficient (Wildman–Crippen LogP) is 3.58. The summed E-state index contributed by atoms with van der Waals surface area (Å²) in [5, 5.41) is 0. The normalized spacial score (nSPS) is 27.6. The van der Waals surface area contributed by atoms with Crippen molar-refractivity contribution in [3.05, 3.63) is 23.8 Å². The van der Waals surface area contributed by atoms with Crippen LogP contribution in [-0.4, -0.2) is 19.0 Å². The van der Waals surface area contributed by atoms with Gasteiger partial charge in [0.05, 0.1) is 6.10 Å². The summed E-state index contributed by atoms with van der Waals surface area (Å²) in [6.07, 6.45) is 13.8. The minimum atomic E-state index is 0.0449. The summed E-state index contributed by atoms with van der Waals surface area (Å²) in [6.45, 7) is 3.01. The molecule has 2 aliphatic rings. The number of ether oxygens (including phenoxy) is 2. The SMILES string of the molecule is CC(CC1=CC=CCC1)OC1CCCCO1. The highest BCUT2D eigenvalue weighted by atomic mass is 16.7. The van der Waals surface area contributed by atoms with Crippen LogP contribution in [-0.2, 0) is 9.47 Å². The van der Waals surface area contributed by atoms with Gasteiger partial charge < -0.3 is 9.47 Å². The summed E-state index contributed by atoms with van der Waals surface area (Å²) in [5.41, 5.74) is 1.51. The van der Waals surface area contributed by atoms with Gasteiger partial charge in [-0.25, -0.2) is 0 Å². The van der Waals surface area contributed by atoms with E-state index in [-0.39, 0.29) is 12.4 Å². The molecule has 1 heterocycles. The molecule has 2 atom stereocenters. The lowest BCUT2D eigenvalue weighted by Crippen LogP contribution is -2.26. The number of hydrogen-bond donors (Lipinski definition) is 0. The van der Waals surface area contributed by atoms with Crippen molar-refractivity contribution in [3.8, 4) is 0 Å². The van der Waals surface area contributed by atoms with Crippen LogP contribution in [0, 0.1) is 0 Å². The lowest BCUT2D eigenvalue weighted by atomic mass is 10.00. The fourth-order valence-electron chi connectivity index (χ4n) is 2.32. The molecule has 0 saturated carbocycles. The molecule has 0 amide bonds. The lowest BCUT2D eigenvalue weighted by molar-refractivity contribution is -0.183. The van der Waals surface area contributed by atoms with Crippen molar-refractivity contribution in [2.24, 2.45) is 0 Å². The molecule has 0 aromatic heterocycles. The van der Waals surface area contributed by atoms with E-state index in [1.165, 1.54) is 31.3 Å². The van der Waals surface area contributed by atoms with E-state index in [1.54, 1.807) is 0 Å². The van der Waals surface area contributed by atoms with Crippen molar-refractivity contribution >= 4 is 0 Å². The van der Waals surface area contributed by atoms with Crippen molar-refractivity contribution in [2.45, 2.75) is 57.8 Å². The van der Waals surface area contributed by atoms with Crippen LogP contribution in [0.3, 0.4) is 0 Å². The molecule has 0 radical (unpaired) electrons. The molecule has 1 aliphatic heterocycles. The van der Waals surface area contributed by atoms with Gasteiger partial charge in [-0.15, -0.1) is 0 Å². The maximum absolute atomic E-state index is 5.91. The summed E-state index contributed by atoms with van der Waals surface area (Å²) < 4.78 is 11.5. The molecule has 1 saturated heterocycles. The predicted molar refractivity (Wildman–Crippen MR) is 65.2 cm³/mol. The molecule has 2 unspecified atom stereocenters. The monoisotopic (exact) mass is 222 g/mol. The highest BCUT2D eigenvalue weighted by molar-refractivity contribution is 5.17. The summed E-state index contributed by atoms with van der Waals surface area (Å²) in [4.78, 5) is 0. The van der Waals surface area contributed by atoms with Crippen molar-refractivity contribution in [3.63, 3.8) is 0 Å². The summed E-state index contributed by atoms with van der Waals surface area (Å²) in [7, 11) is 0. The van der Waals surface area contributed by atoms with E-state index >= 15 is 0 Å². The fourth-order valence-corrected chi connectivity index (χ4v) is 2.32. The van der Waals surface area contributed by atoms with Crippen molar-refractivity contribution in [1.82, 2.24) is 0 Å². The standard InChI is InChI=1S/C14H22O2/c1-12(11-13-7-3-2-4-8-13)16-14-9-5-6-10-15-14/h2-3,7,12,14H,4-6,8-11H2,1H3. The molecule has 16 heavy (non-hydrogen) atoms. The minimum absolute atomic E-state index is 0.0449. The second-order valence-electron chi connectivity index (χ2n) is 4.74. The largest absolute Gasteiger partial charge is 0.353 e. The van der Waals surface area contributed by atoms with Crippen LogP contribution in [0.2, 0.25) is 0 Å². The first-order valence-corrected chi connectivity index (χ1v) is 6.46. The molecule has 90 valence electrons. The van der Waals surface area contributed by atoms with Gasteiger partial charge in [-0.05, 0) is 45.4 Å². The fraction of sp³-hybridized carbons (Fsp3) is 0.714.